The number of nitrogens with zero attached hydrogens (tertiary/aromatic N) is 1. The van der Waals surface area contributed by atoms with Crippen LogP contribution in [0.4, 0.5) is 0 Å². The molecule has 0 spiro atoms. The van der Waals surface area contributed by atoms with Crippen molar-refractivity contribution in [1.29, 1.82) is 0 Å². The fourth-order valence-electron chi connectivity index (χ4n) is 3.28. The average molecular weight is 226 g/mol. The summed E-state index contributed by atoms with van der Waals surface area (Å²) in [5.41, 5.74) is 6.31. The Morgan fingerprint density at radius 3 is 2.75 bits per heavy atom. The van der Waals surface area contributed by atoms with Gasteiger partial charge in [-0.3, -0.25) is 0 Å². The molecule has 16 heavy (non-hydrogen) atoms. The quantitative estimate of drug-likeness (QED) is 0.771. The molecule has 3 heteroatoms. The SMILES string of the molecule is COCC1CCN(CC(N)C2CCCC2)C1. The Morgan fingerprint density at radius 2 is 2.06 bits per heavy atom. The minimum absolute atomic E-state index is 0.406. The van der Waals surface area contributed by atoms with Gasteiger partial charge in [-0.1, -0.05) is 12.8 Å². The summed E-state index contributed by atoms with van der Waals surface area (Å²) in [4.78, 5) is 2.53. The second-order valence-electron chi connectivity index (χ2n) is 5.58. The summed E-state index contributed by atoms with van der Waals surface area (Å²) in [5.74, 6) is 1.53. The van der Waals surface area contributed by atoms with Crippen LogP contribution < -0.4 is 5.73 Å². The zero-order chi connectivity index (χ0) is 11.4. The van der Waals surface area contributed by atoms with E-state index in [0.29, 0.717) is 6.04 Å². The molecule has 1 saturated heterocycles. The lowest BCUT2D eigenvalue weighted by Gasteiger charge is -2.25. The summed E-state index contributed by atoms with van der Waals surface area (Å²) >= 11 is 0. The Kier molecular flexibility index (Phi) is 4.62. The van der Waals surface area contributed by atoms with E-state index in [-0.39, 0.29) is 0 Å². The van der Waals surface area contributed by atoms with Gasteiger partial charge in [0.1, 0.15) is 0 Å². The van der Waals surface area contributed by atoms with Crippen molar-refractivity contribution in [2.75, 3.05) is 33.4 Å². The van der Waals surface area contributed by atoms with Crippen molar-refractivity contribution in [3.8, 4) is 0 Å². The largest absolute Gasteiger partial charge is 0.384 e. The molecule has 1 aliphatic carbocycles. The van der Waals surface area contributed by atoms with Crippen LogP contribution in [0, 0.1) is 11.8 Å². The summed E-state index contributed by atoms with van der Waals surface area (Å²) in [6.45, 7) is 4.42. The van der Waals surface area contributed by atoms with Crippen molar-refractivity contribution in [2.24, 2.45) is 17.6 Å². The molecule has 0 aromatic heterocycles. The predicted octanol–water partition coefficient (Wildman–Crippen LogP) is 1.47. The molecule has 1 saturated carbocycles. The second-order valence-corrected chi connectivity index (χ2v) is 5.58. The third kappa shape index (κ3) is 3.19. The fraction of sp³-hybridized carbons (Fsp3) is 1.00. The van der Waals surface area contributed by atoms with Gasteiger partial charge < -0.3 is 15.4 Å². The monoisotopic (exact) mass is 226 g/mol. The van der Waals surface area contributed by atoms with E-state index < -0.39 is 0 Å². The van der Waals surface area contributed by atoms with Crippen LogP contribution in [0.25, 0.3) is 0 Å². The van der Waals surface area contributed by atoms with Gasteiger partial charge in [-0.2, -0.15) is 0 Å². The van der Waals surface area contributed by atoms with Crippen molar-refractivity contribution in [3.05, 3.63) is 0 Å². The van der Waals surface area contributed by atoms with Gasteiger partial charge in [0.25, 0.3) is 0 Å². The lowest BCUT2D eigenvalue weighted by atomic mass is 9.99. The van der Waals surface area contributed by atoms with E-state index in [1.807, 2.05) is 0 Å². The third-order valence-corrected chi connectivity index (χ3v) is 4.25. The zero-order valence-corrected chi connectivity index (χ0v) is 10.5. The summed E-state index contributed by atoms with van der Waals surface area (Å²) in [7, 11) is 1.80. The Labute approximate surface area is 99.3 Å². The molecule has 2 unspecified atom stereocenters. The van der Waals surface area contributed by atoms with Crippen LogP contribution in [0.3, 0.4) is 0 Å². The van der Waals surface area contributed by atoms with E-state index in [2.05, 4.69) is 4.90 Å². The summed E-state index contributed by atoms with van der Waals surface area (Å²) in [6.07, 6.45) is 6.79. The van der Waals surface area contributed by atoms with Gasteiger partial charge in [-0.05, 0) is 37.6 Å². The molecule has 0 aromatic rings. The summed E-state index contributed by atoms with van der Waals surface area (Å²) in [5, 5.41) is 0. The normalized spacial score (nSPS) is 30.0. The maximum absolute atomic E-state index is 6.31. The molecule has 1 aliphatic heterocycles. The Balaban J connectivity index is 1.69. The molecule has 2 aliphatic rings. The maximum atomic E-state index is 6.31. The highest BCUT2D eigenvalue weighted by molar-refractivity contribution is 4.84. The third-order valence-electron chi connectivity index (χ3n) is 4.25. The minimum Gasteiger partial charge on any atom is -0.384 e. The van der Waals surface area contributed by atoms with E-state index >= 15 is 0 Å². The molecule has 2 fully saturated rings. The Bertz CT molecular complexity index is 204. The van der Waals surface area contributed by atoms with E-state index in [4.69, 9.17) is 10.5 Å². The van der Waals surface area contributed by atoms with Crippen molar-refractivity contribution >= 4 is 0 Å². The first-order chi connectivity index (χ1) is 7.79. The van der Waals surface area contributed by atoms with E-state index in [1.165, 1.54) is 45.2 Å². The lowest BCUT2D eigenvalue weighted by molar-refractivity contribution is 0.151. The van der Waals surface area contributed by atoms with Gasteiger partial charge in [-0.25, -0.2) is 0 Å². The van der Waals surface area contributed by atoms with Crippen molar-refractivity contribution in [1.82, 2.24) is 4.90 Å². The molecule has 1 heterocycles. The predicted molar refractivity (Wildman–Crippen MR) is 66.4 cm³/mol. The molecule has 2 atom stereocenters. The average Bonchev–Trinajstić information content (AvgIpc) is 2.89. The molecule has 94 valence electrons. The van der Waals surface area contributed by atoms with E-state index in [9.17, 15) is 0 Å². The van der Waals surface area contributed by atoms with Crippen LogP contribution in [0.5, 0.6) is 0 Å². The number of hydrogen-bond acceptors (Lipinski definition) is 3. The minimum atomic E-state index is 0.406. The molecule has 0 bridgehead atoms. The molecule has 3 nitrogen and oxygen atoms in total. The van der Waals surface area contributed by atoms with Crippen LogP contribution in [0.1, 0.15) is 32.1 Å². The fourth-order valence-corrected chi connectivity index (χ4v) is 3.28. The first kappa shape index (κ1) is 12.3. The van der Waals surface area contributed by atoms with Crippen molar-refractivity contribution in [2.45, 2.75) is 38.1 Å². The Hall–Kier alpha value is -0.120. The van der Waals surface area contributed by atoms with Gasteiger partial charge in [0, 0.05) is 26.2 Å². The van der Waals surface area contributed by atoms with Crippen LogP contribution in [0.15, 0.2) is 0 Å². The maximum Gasteiger partial charge on any atom is 0.0503 e. The van der Waals surface area contributed by atoms with Gasteiger partial charge >= 0.3 is 0 Å². The number of rotatable bonds is 5. The standard InChI is InChI=1S/C13H26N2O/c1-16-10-11-6-7-15(8-11)9-13(14)12-4-2-3-5-12/h11-13H,2-10,14H2,1H3. The number of ether oxygens (including phenoxy) is 1. The van der Waals surface area contributed by atoms with Crippen LogP contribution in [-0.2, 0) is 4.74 Å². The van der Waals surface area contributed by atoms with Crippen molar-refractivity contribution in [3.63, 3.8) is 0 Å². The first-order valence-corrected chi connectivity index (χ1v) is 6.76. The van der Waals surface area contributed by atoms with Crippen LogP contribution in [-0.4, -0.2) is 44.3 Å². The van der Waals surface area contributed by atoms with Crippen LogP contribution >= 0.6 is 0 Å². The van der Waals surface area contributed by atoms with Gasteiger partial charge in [-0.15, -0.1) is 0 Å². The van der Waals surface area contributed by atoms with Crippen molar-refractivity contribution < 1.29 is 4.74 Å². The first-order valence-electron chi connectivity index (χ1n) is 6.76. The van der Waals surface area contributed by atoms with Crippen LogP contribution in [0.2, 0.25) is 0 Å². The number of nitrogens with two attached hydrogens (primary N) is 1. The van der Waals surface area contributed by atoms with E-state index in [1.54, 1.807) is 7.11 Å². The molecular weight excluding hydrogens is 200 g/mol. The van der Waals surface area contributed by atoms with Gasteiger partial charge in [0.2, 0.25) is 0 Å². The number of likely N-dealkylation sites (tertiary alicyclic amines) is 1. The highest BCUT2D eigenvalue weighted by Gasteiger charge is 2.27. The molecule has 0 aromatic carbocycles. The van der Waals surface area contributed by atoms with Gasteiger partial charge in [0.05, 0.1) is 6.61 Å². The Morgan fingerprint density at radius 1 is 1.31 bits per heavy atom. The number of hydrogen-bond donors (Lipinski definition) is 1. The van der Waals surface area contributed by atoms with Gasteiger partial charge in [0.15, 0.2) is 0 Å². The summed E-state index contributed by atoms with van der Waals surface area (Å²) in [6, 6.07) is 0.406. The highest BCUT2D eigenvalue weighted by atomic mass is 16.5. The number of methoxy groups -OCH3 is 1. The molecule has 2 N–H and O–H groups in total. The summed E-state index contributed by atoms with van der Waals surface area (Å²) < 4.78 is 5.22. The molecule has 0 radical (unpaired) electrons. The zero-order valence-electron chi connectivity index (χ0n) is 10.5. The molecular formula is C13H26N2O. The molecule has 2 rings (SSSR count). The topological polar surface area (TPSA) is 38.5 Å². The lowest BCUT2D eigenvalue weighted by Crippen LogP contribution is -2.40. The molecule has 0 amide bonds. The van der Waals surface area contributed by atoms with E-state index in [0.717, 1.165) is 25.0 Å². The smallest absolute Gasteiger partial charge is 0.0503 e. The second kappa shape index (κ2) is 5.99. The highest BCUT2D eigenvalue weighted by Crippen LogP contribution is 2.28.